The van der Waals surface area contributed by atoms with E-state index in [9.17, 15) is 4.79 Å². The fraction of sp³-hybridized carbons (Fsp3) is 0.316. The van der Waals surface area contributed by atoms with E-state index >= 15 is 0 Å². The van der Waals surface area contributed by atoms with Gasteiger partial charge in [0.15, 0.2) is 0 Å². The Kier molecular flexibility index (Phi) is 6.79. The quantitative estimate of drug-likeness (QED) is 0.790. The van der Waals surface area contributed by atoms with Gasteiger partial charge >= 0.3 is 0 Å². The molecule has 1 aliphatic heterocycles. The van der Waals surface area contributed by atoms with Crippen LogP contribution in [0.15, 0.2) is 42.5 Å². The van der Waals surface area contributed by atoms with Crippen LogP contribution in [-0.4, -0.2) is 48.4 Å². The molecule has 1 amide bonds. The van der Waals surface area contributed by atoms with Crippen molar-refractivity contribution in [2.75, 3.05) is 38.0 Å². The highest BCUT2D eigenvalue weighted by Crippen LogP contribution is 2.22. The predicted octanol–water partition coefficient (Wildman–Crippen LogP) is 4.40. The molecule has 26 heavy (non-hydrogen) atoms. The summed E-state index contributed by atoms with van der Waals surface area (Å²) in [6.07, 6.45) is 0. The molecule has 0 saturated carbocycles. The van der Waals surface area contributed by atoms with Gasteiger partial charge in [0, 0.05) is 53.5 Å². The first-order valence-electron chi connectivity index (χ1n) is 8.43. The van der Waals surface area contributed by atoms with Gasteiger partial charge in [0.2, 0.25) is 5.91 Å². The summed E-state index contributed by atoms with van der Waals surface area (Å²) in [5.41, 5.74) is 1.75. The van der Waals surface area contributed by atoms with Gasteiger partial charge in [-0.25, -0.2) is 0 Å². The number of nitrogens with zero attached hydrogens (tertiary/aromatic N) is 2. The summed E-state index contributed by atoms with van der Waals surface area (Å²) in [6, 6.07) is 12.9. The molecule has 0 radical (unpaired) electrons. The van der Waals surface area contributed by atoms with Crippen LogP contribution in [0.1, 0.15) is 5.56 Å². The van der Waals surface area contributed by atoms with Gasteiger partial charge in [0.05, 0.1) is 6.54 Å². The van der Waals surface area contributed by atoms with Crippen molar-refractivity contribution in [3.05, 3.63) is 63.1 Å². The Bertz CT molecular complexity index is 756. The lowest BCUT2D eigenvalue weighted by atomic mass is 10.2. The summed E-state index contributed by atoms with van der Waals surface area (Å²) in [7, 11) is 0. The fourth-order valence-corrected chi connectivity index (χ4v) is 3.72. The van der Waals surface area contributed by atoms with Gasteiger partial charge in [-0.05, 0) is 29.8 Å². The van der Waals surface area contributed by atoms with E-state index < -0.39 is 0 Å². The second-order valence-electron chi connectivity index (χ2n) is 6.35. The number of carbonyl (C=O) groups is 1. The molecule has 3 rings (SSSR count). The molecule has 4 nitrogen and oxygen atoms in total. The van der Waals surface area contributed by atoms with Crippen LogP contribution in [-0.2, 0) is 11.3 Å². The zero-order chi connectivity index (χ0) is 18.5. The van der Waals surface area contributed by atoms with Crippen LogP contribution < -0.4 is 5.32 Å². The molecule has 0 spiro atoms. The summed E-state index contributed by atoms with van der Waals surface area (Å²) in [4.78, 5) is 16.7. The van der Waals surface area contributed by atoms with E-state index in [2.05, 4.69) is 21.2 Å². The second kappa shape index (κ2) is 9.07. The Labute approximate surface area is 168 Å². The minimum Gasteiger partial charge on any atom is -0.325 e. The number of carbonyl (C=O) groups excluding carboxylic acids is 1. The third kappa shape index (κ3) is 5.60. The summed E-state index contributed by atoms with van der Waals surface area (Å²) in [6.45, 7) is 4.68. The van der Waals surface area contributed by atoms with Crippen LogP contribution in [0, 0.1) is 0 Å². The third-order valence-corrected chi connectivity index (χ3v) is 5.14. The third-order valence-electron chi connectivity index (χ3n) is 4.33. The van der Waals surface area contributed by atoms with Crippen LogP contribution >= 0.6 is 34.8 Å². The maximum absolute atomic E-state index is 12.3. The van der Waals surface area contributed by atoms with Crippen molar-refractivity contribution in [1.29, 1.82) is 0 Å². The molecule has 0 bridgehead atoms. The molecule has 1 N–H and O–H groups in total. The van der Waals surface area contributed by atoms with Crippen LogP contribution in [0.3, 0.4) is 0 Å². The molecule has 7 heteroatoms. The summed E-state index contributed by atoms with van der Waals surface area (Å²) < 4.78 is 0. The van der Waals surface area contributed by atoms with Crippen molar-refractivity contribution in [2.24, 2.45) is 0 Å². The maximum Gasteiger partial charge on any atom is 0.238 e. The zero-order valence-electron chi connectivity index (χ0n) is 14.2. The Hall–Kier alpha value is -1.30. The van der Waals surface area contributed by atoms with Gasteiger partial charge in [-0.3, -0.25) is 14.6 Å². The Morgan fingerprint density at radius 1 is 0.923 bits per heavy atom. The maximum atomic E-state index is 12.3. The number of amides is 1. The molecule has 1 heterocycles. The molecule has 0 atom stereocenters. The summed E-state index contributed by atoms with van der Waals surface area (Å²) in [5.74, 6) is -0.0668. The van der Waals surface area contributed by atoms with Gasteiger partial charge in [-0.1, -0.05) is 53.0 Å². The minimum absolute atomic E-state index is 0.0668. The van der Waals surface area contributed by atoms with Gasteiger partial charge in [-0.15, -0.1) is 0 Å². The van der Waals surface area contributed by atoms with Crippen molar-refractivity contribution in [3.8, 4) is 0 Å². The average Bonchev–Trinajstić information content (AvgIpc) is 2.57. The number of piperazine rings is 1. The smallest absolute Gasteiger partial charge is 0.238 e. The average molecular weight is 413 g/mol. The van der Waals surface area contributed by atoms with Gasteiger partial charge < -0.3 is 5.32 Å². The van der Waals surface area contributed by atoms with Gasteiger partial charge in [0.1, 0.15) is 0 Å². The number of rotatable bonds is 5. The molecule has 1 aliphatic rings. The first-order chi connectivity index (χ1) is 12.5. The first-order valence-corrected chi connectivity index (χ1v) is 9.57. The van der Waals surface area contributed by atoms with Crippen LogP contribution in [0.5, 0.6) is 0 Å². The minimum atomic E-state index is -0.0668. The van der Waals surface area contributed by atoms with Crippen molar-refractivity contribution in [2.45, 2.75) is 6.54 Å². The standard InChI is InChI=1S/C19H20Cl3N3O/c20-15-9-16(21)11-17(10-15)23-19(26)13-25-7-5-24(6-8-25)12-14-3-1-2-4-18(14)22/h1-4,9-11H,5-8,12-13H2,(H,23,26). The van der Waals surface area contributed by atoms with Crippen molar-refractivity contribution >= 4 is 46.4 Å². The predicted molar refractivity (Wildman–Crippen MR) is 108 cm³/mol. The SMILES string of the molecule is O=C(CN1CCN(Cc2ccccc2Cl)CC1)Nc1cc(Cl)cc(Cl)c1. The molecule has 0 aliphatic carbocycles. The first kappa shape index (κ1) is 19.5. The lowest BCUT2D eigenvalue weighted by Crippen LogP contribution is -2.48. The van der Waals surface area contributed by atoms with Crippen molar-refractivity contribution < 1.29 is 4.79 Å². The van der Waals surface area contributed by atoms with E-state index in [0.29, 0.717) is 22.3 Å². The van der Waals surface area contributed by atoms with Crippen molar-refractivity contribution in [3.63, 3.8) is 0 Å². The van der Waals surface area contributed by atoms with Gasteiger partial charge in [-0.2, -0.15) is 0 Å². The summed E-state index contributed by atoms with van der Waals surface area (Å²) >= 11 is 18.1. The topological polar surface area (TPSA) is 35.6 Å². The number of anilines is 1. The monoisotopic (exact) mass is 411 g/mol. The van der Waals surface area contributed by atoms with Crippen LogP contribution in [0.25, 0.3) is 0 Å². The largest absolute Gasteiger partial charge is 0.325 e. The van der Waals surface area contributed by atoms with E-state index in [1.165, 1.54) is 0 Å². The lowest BCUT2D eigenvalue weighted by Gasteiger charge is -2.34. The number of halogens is 3. The van der Waals surface area contributed by atoms with Gasteiger partial charge in [0.25, 0.3) is 0 Å². The number of hydrogen-bond acceptors (Lipinski definition) is 3. The number of nitrogens with one attached hydrogen (secondary N) is 1. The molecular formula is C19H20Cl3N3O. The molecule has 2 aromatic rings. The highest BCUT2D eigenvalue weighted by molar-refractivity contribution is 6.35. The second-order valence-corrected chi connectivity index (χ2v) is 7.63. The highest BCUT2D eigenvalue weighted by Gasteiger charge is 2.19. The molecule has 2 aromatic carbocycles. The number of benzene rings is 2. The summed E-state index contributed by atoms with van der Waals surface area (Å²) in [5, 5.41) is 4.65. The molecule has 0 unspecified atom stereocenters. The molecular weight excluding hydrogens is 393 g/mol. The van der Waals surface area contributed by atoms with Crippen LogP contribution in [0.4, 0.5) is 5.69 Å². The molecule has 1 saturated heterocycles. The Morgan fingerprint density at radius 2 is 1.54 bits per heavy atom. The Morgan fingerprint density at radius 3 is 2.19 bits per heavy atom. The normalized spacial score (nSPS) is 15.8. The van der Waals surface area contributed by atoms with Crippen LogP contribution in [0.2, 0.25) is 15.1 Å². The molecule has 1 fully saturated rings. The van der Waals surface area contributed by atoms with E-state index in [0.717, 1.165) is 43.3 Å². The van der Waals surface area contributed by atoms with Crippen molar-refractivity contribution in [1.82, 2.24) is 9.80 Å². The van der Waals surface area contributed by atoms with E-state index in [4.69, 9.17) is 34.8 Å². The molecule has 0 aromatic heterocycles. The van der Waals surface area contributed by atoms with E-state index in [-0.39, 0.29) is 5.91 Å². The Balaban J connectivity index is 1.46. The molecule has 138 valence electrons. The van der Waals surface area contributed by atoms with E-state index in [1.54, 1.807) is 18.2 Å². The number of hydrogen-bond donors (Lipinski definition) is 1. The fourth-order valence-electron chi connectivity index (χ4n) is 3.00. The highest BCUT2D eigenvalue weighted by atomic mass is 35.5. The van der Waals surface area contributed by atoms with E-state index in [1.807, 2.05) is 18.2 Å². The lowest BCUT2D eigenvalue weighted by molar-refractivity contribution is -0.117. The zero-order valence-corrected chi connectivity index (χ0v) is 16.5.